The summed E-state index contributed by atoms with van der Waals surface area (Å²) in [5.74, 6) is 0.828. The summed E-state index contributed by atoms with van der Waals surface area (Å²) in [4.78, 5) is 0. The molecule has 0 bridgehead atoms. The number of ether oxygens (including phenoxy) is 1. The standard InChI is InChI=1S/C17H20ClNO2/c1-13(20)10-19-11-14-5-7-17(8-6-14)21-12-15-3-2-4-16(18)9-15/h2-9,13,19-20H,10-12H2,1H3/t13-/m0/s1. The average molecular weight is 306 g/mol. The Kier molecular flexibility index (Phi) is 6.05. The smallest absolute Gasteiger partial charge is 0.119 e. The molecule has 0 unspecified atom stereocenters. The normalized spacial score (nSPS) is 12.1. The fourth-order valence-corrected chi connectivity index (χ4v) is 2.14. The van der Waals surface area contributed by atoms with Gasteiger partial charge in [-0.25, -0.2) is 0 Å². The van der Waals surface area contributed by atoms with Gasteiger partial charge in [-0.3, -0.25) is 0 Å². The molecule has 0 aromatic heterocycles. The molecule has 0 saturated heterocycles. The number of halogens is 1. The highest BCUT2D eigenvalue weighted by molar-refractivity contribution is 6.30. The Bertz CT molecular complexity index is 555. The van der Waals surface area contributed by atoms with Gasteiger partial charge in [-0.05, 0) is 42.3 Å². The van der Waals surface area contributed by atoms with Crippen LogP contribution in [-0.2, 0) is 13.2 Å². The number of nitrogens with one attached hydrogen (secondary N) is 1. The number of hydrogen-bond acceptors (Lipinski definition) is 3. The van der Waals surface area contributed by atoms with E-state index in [9.17, 15) is 5.11 Å². The highest BCUT2D eigenvalue weighted by atomic mass is 35.5. The minimum Gasteiger partial charge on any atom is -0.489 e. The van der Waals surface area contributed by atoms with Crippen LogP contribution >= 0.6 is 11.6 Å². The monoisotopic (exact) mass is 305 g/mol. The topological polar surface area (TPSA) is 41.5 Å². The Morgan fingerprint density at radius 1 is 1.14 bits per heavy atom. The SMILES string of the molecule is C[C@H](O)CNCc1ccc(OCc2cccc(Cl)c2)cc1. The lowest BCUT2D eigenvalue weighted by Gasteiger charge is -2.09. The summed E-state index contributed by atoms with van der Waals surface area (Å²) in [6, 6.07) is 15.6. The first kappa shape index (κ1) is 15.8. The van der Waals surface area contributed by atoms with Crippen molar-refractivity contribution in [3.63, 3.8) is 0 Å². The third-order valence-electron chi connectivity index (χ3n) is 2.99. The fraction of sp³-hybridized carbons (Fsp3) is 0.294. The van der Waals surface area contributed by atoms with Gasteiger partial charge < -0.3 is 15.2 Å². The maximum absolute atomic E-state index is 9.18. The van der Waals surface area contributed by atoms with E-state index < -0.39 is 0 Å². The van der Waals surface area contributed by atoms with E-state index in [0.717, 1.165) is 28.4 Å². The molecule has 0 aliphatic carbocycles. The molecule has 0 heterocycles. The Morgan fingerprint density at radius 3 is 2.57 bits per heavy atom. The first-order valence-electron chi connectivity index (χ1n) is 6.98. The minimum absolute atomic E-state index is 0.328. The van der Waals surface area contributed by atoms with E-state index >= 15 is 0 Å². The lowest BCUT2D eigenvalue weighted by molar-refractivity contribution is 0.191. The lowest BCUT2D eigenvalue weighted by Crippen LogP contribution is -2.23. The van der Waals surface area contributed by atoms with Gasteiger partial charge in [-0.2, -0.15) is 0 Å². The van der Waals surface area contributed by atoms with E-state index in [-0.39, 0.29) is 6.10 Å². The number of rotatable bonds is 7. The van der Waals surface area contributed by atoms with Gasteiger partial charge in [0.2, 0.25) is 0 Å². The zero-order valence-corrected chi connectivity index (χ0v) is 12.8. The van der Waals surface area contributed by atoms with Crippen molar-refractivity contribution in [2.24, 2.45) is 0 Å². The second-order valence-corrected chi connectivity index (χ2v) is 5.48. The van der Waals surface area contributed by atoms with E-state index in [2.05, 4.69) is 5.32 Å². The molecule has 2 aromatic carbocycles. The summed E-state index contributed by atoms with van der Waals surface area (Å²) in [7, 11) is 0. The molecule has 0 fully saturated rings. The molecule has 0 aliphatic rings. The van der Waals surface area contributed by atoms with Crippen molar-refractivity contribution in [2.75, 3.05) is 6.54 Å². The summed E-state index contributed by atoms with van der Waals surface area (Å²) in [5, 5.41) is 13.1. The highest BCUT2D eigenvalue weighted by Crippen LogP contribution is 2.16. The van der Waals surface area contributed by atoms with Crippen LogP contribution in [0.25, 0.3) is 0 Å². The van der Waals surface area contributed by atoms with Gasteiger partial charge >= 0.3 is 0 Å². The molecule has 4 heteroatoms. The molecule has 0 amide bonds. The predicted octanol–water partition coefficient (Wildman–Crippen LogP) is 3.39. The molecular weight excluding hydrogens is 286 g/mol. The third kappa shape index (κ3) is 5.76. The summed E-state index contributed by atoms with van der Waals surface area (Å²) in [5.41, 5.74) is 2.20. The van der Waals surface area contributed by atoms with Gasteiger partial charge in [0.25, 0.3) is 0 Å². The molecule has 21 heavy (non-hydrogen) atoms. The molecule has 2 aromatic rings. The average Bonchev–Trinajstić information content (AvgIpc) is 2.46. The Hall–Kier alpha value is -1.55. The first-order valence-corrected chi connectivity index (χ1v) is 7.36. The molecule has 0 aliphatic heterocycles. The van der Waals surface area contributed by atoms with Gasteiger partial charge in [0, 0.05) is 18.1 Å². The third-order valence-corrected chi connectivity index (χ3v) is 3.22. The van der Waals surface area contributed by atoms with Crippen LogP contribution in [0, 0.1) is 0 Å². The molecule has 2 rings (SSSR count). The van der Waals surface area contributed by atoms with Gasteiger partial charge in [0.1, 0.15) is 12.4 Å². The lowest BCUT2D eigenvalue weighted by atomic mass is 10.2. The van der Waals surface area contributed by atoms with Crippen LogP contribution < -0.4 is 10.1 Å². The van der Waals surface area contributed by atoms with E-state index in [1.165, 1.54) is 0 Å². The number of hydrogen-bond donors (Lipinski definition) is 2. The zero-order valence-electron chi connectivity index (χ0n) is 12.1. The highest BCUT2D eigenvalue weighted by Gasteiger charge is 1.99. The van der Waals surface area contributed by atoms with Gasteiger partial charge in [-0.1, -0.05) is 35.9 Å². The fourth-order valence-electron chi connectivity index (χ4n) is 1.92. The van der Waals surface area contributed by atoms with Crippen molar-refractivity contribution < 1.29 is 9.84 Å². The zero-order chi connectivity index (χ0) is 15.1. The van der Waals surface area contributed by atoms with Gasteiger partial charge in [0.05, 0.1) is 6.10 Å². The second kappa shape index (κ2) is 8.03. The number of aliphatic hydroxyl groups is 1. The Morgan fingerprint density at radius 2 is 1.90 bits per heavy atom. The van der Waals surface area contributed by atoms with Crippen LogP contribution in [0.1, 0.15) is 18.1 Å². The Labute approximate surface area is 130 Å². The molecule has 3 nitrogen and oxygen atoms in total. The molecule has 0 spiro atoms. The summed E-state index contributed by atoms with van der Waals surface area (Å²) in [6.45, 7) is 3.59. The second-order valence-electron chi connectivity index (χ2n) is 5.04. The van der Waals surface area contributed by atoms with Crippen molar-refractivity contribution in [3.05, 3.63) is 64.7 Å². The van der Waals surface area contributed by atoms with Crippen molar-refractivity contribution in [1.29, 1.82) is 0 Å². The van der Waals surface area contributed by atoms with E-state index in [1.807, 2.05) is 48.5 Å². The van der Waals surface area contributed by atoms with E-state index in [4.69, 9.17) is 16.3 Å². The van der Waals surface area contributed by atoms with Crippen LogP contribution in [0.15, 0.2) is 48.5 Å². The molecule has 0 saturated carbocycles. The van der Waals surface area contributed by atoms with Gasteiger partial charge in [0.15, 0.2) is 0 Å². The summed E-state index contributed by atoms with van der Waals surface area (Å²) in [6.07, 6.45) is -0.328. The molecule has 112 valence electrons. The quantitative estimate of drug-likeness (QED) is 0.824. The van der Waals surface area contributed by atoms with Crippen molar-refractivity contribution in [1.82, 2.24) is 5.32 Å². The molecule has 2 N–H and O–H groups in total. The van der Waals surface area contributed by atoms with Crippen molar-refractivity contribution in [2.45, 2.75) is 26.2 Å². The van der Waals surface area contributed by atoms with Crippen LogP contribution in [0.5, 0.6) is 5.75 Å². The van der Waals surface area contributed by atoms with Crippen molar-refractivity contribution in [3.8, 4) is 5.75 Å². The largest absolute Gasteiger partial charge is 0.489 e. The first-order chi connectivity index (χ1) is 10.1. The van der Waals surface area contributed by atoms with Crippen molar-refractivity contribution >= 4 is 11.6 Å². The van der Waals surface area contributed by atoms with Crippen LogP contribution in [-0.4, -0.2) is 17.8 Å². The predicted molar refractivity (Wildman–Crippen MR) is 85.6 cm³/mol. The van der Waals surface area contributed by atoms with E-state index in [0.29, 0.717) is 13.2 Å². The number of aliphatic hydroxyl groups excluding tert-OH is 1. The van der Waals surface area contributed by atoms with Gasteiger partial charge in [-0.15, -0.1) is 0 Å². The Balaban J connectivity index is 1.82. The summed E-state index contributed by atoms with van der Waals surface area (Å²) >= 11 is 5.94. The van der Waals surface area contributed by atoms with Crippen LogP contribution in [0.4, 0.5) is 0 Å². The van der Waals surface area contributed by atoms with E-state index in [1.54, 1.807) is 6.92 Å². The summed E-state index contributed by atoms with van der Waals surface area (Å²) < 4.78 is 5.73. The molecule has 1 atom stereocenters. The van der Waals surface area contributed by atoms with Crippen LogP contribution in [0.2, 0.25) is 5.02 Å². The maximum atomic E-state index is 9.18. The maximum Gasteiger partial charge on any atom is 0.119 e. The van der Waals surface area contributed by atoms with Crippen LogP contribution in [0.3, 0.4) is 0 Å². The minimum atomic E-state index is -0.328. The number of benzene rings is 2. The molecule has 0 radical (unpaired) electrons. The molecular formula is C17H20ClNO2.